The standard InChI is InChI=1S/C18H23FN4O2/c1-10(2)25-17(24)18(8-12(19)9-18)16-21-15(11-4-3-5-11)13-6-7-14(20)22-23(13)16/h6-7,10-12H,3-5,8-9H2,1-2H3,(H2,20,22). The molecule has 6 nitrogen and oxygen atoms in total. The van der Waals surface area contributed by atoms with Gasteiger partial charge < -0.3 is 10.5 Å². The Morgan fingerprint density at radius 3 is 2.68 bits per heavy atom. The summed E-state index contributed by atoms with van der Waals surface area (Å²) in [7, 11) is 0. The van der Waals surface area contributed by atoms with Gasteiger partial charge in [-0.05, 0) is 38.8 Å². The molecule has 2 N–H and O–H groups in total. The van der Waals surface area contributed by atoms with E-state index in [1.54, 1.807) is 24.4 Å². The molecule has 2 saturated carbocycles. The smallest absolute Gasteiger partial charge is 0.320 e. The third-order valence-electron chi connectivity index (χ3n) is 5.34. The van der Waals surface area contributed by atoms with Crippen LogP contribution >= 0.6 is 0 Å². The van der Waals surface area contributed by atoms with Crippen molar-refractivity contribution in [3.05, 3.63) is 23.7 Å². The molecule has 0 unspecified atom stereocenters. The van der Waals surface area contributed by atoms with Crippen LogP contribution in [0, 0.1) is 0 Å². The molecular weight excluding hydrogens is 323 g/mol. The summed E-state index contributed by atoms with van der Waals surface area (Å²) in [6.45, 7) is 3.58. The van der Waals surface area contributed by atoms with Gasteiger partial charge in [0.05, 0.1) is 17.3 Å². The lowest BCUT2D eigenvalue weighted by Crippen LogP contribution is -2.51. The van der Waals surface area contributed by atoms with Gasteiger partial charge in [0, 0.05) is 18.8 Å². The van der Waals surface area contributed by atoms with E-state index in [0.717, 1.165) is 24.1 Å². The van der Waals surface area contributed by atoms with E-state index >= 15 is 0 Å². The second-order valence-corrected chi connectivity index (χ2v) is 7.55. The van der Waals surface area contributed by atoms with Crippen molar-refractivity contribution in [2.24, 2.45) is 0 Å². The maximum absolute atomic E-state index is 13.8. The minimum absolute atomic E-state index is 0.0816. The van der Waals surface area contributed by atoms with E-state index < -0.39 is 17.6 Å². The summed E-state index contributed by atoms with van der Waals surface area (Å²) in [5, 5.41) is 4.37. The SMILES string of the molecule is CC(C)OC(=O)C1(c2nc(C3CCC3)c3ccc(N)nn23)CC(F)C1. The predicted octanol–water partition coefficient (Wildman–Crippen LogP) is 2.90. The van der Waals surface area contributed by atoms with Crippen LogP contribution in [0.1, 0.15) is 63.4 Å². The summed E-state index contributed by atoms with van der Waals surface area (Å²) in [6.07, 6.45) is 2.20. The normalized spacial score (nSPS) is 26.5. The van der Waals surface area contributed by atoms with Gasteiger partial charge in [0.1, 0.15) is 23.2 Å². The summed E-state index contributed by atoms with van der Waals surface area (Å²) in [5.74, 6) is 0.757. The molecule has 0 spiro atoms. The Hall–Kier alpha value is -2.18. The van der Waals surface area contributed by atoms with Gasteiger partial charge in [-0.3, -0.25) is 4.79 Å². The Kier molecular flexibility index (Phi) is 3.70. The predicted molar refractivity (Wildman–Crippen MR) is 91.0 cm³/mol. The quantitative estimate of drug-likeness (QED) is 0.861. The van der Waals surface area contributed by atoms with Crippen molar-refractivity contribution >= 4 is 17.3 Å². The van der Waals surface area contributed by atoms with Gasteiger partial charge in [0.15, 0.2) is 0 Å². The van der Waals surface area contributed by atoms with Crippen molar-refractivity contribution in [3.8, 4) is 0 Å². The summed E-state index contributed by atoms with van der Waals surface area (Å²) < 4.78 is 20.9. The molecule has 2 aliphatic rings. The highest BCUT2D eigenvalue weighted by Gasteiger charge is 2.57. The summed E-state index contributed by atoms with van der Waals surface area (Å²) >= 11 is 0. The lowest BCUT2D eigenvalue weighted by Gasteiger charge is -2.40. The Labute approximate surface area is 145 Å². The molecule has 0 radical (unpaired) electrons. The molecule has 2 aliphatic carbocycles. The zero-order valence-corrected chi connectivity index (χ0v) is 14.5. The first-order valence-electron chi connectivity index (χ1n) is 8.91. The molecule has 0 atom stereocenters. The number of carbonyl (C=O) groups excluding carboxylic acids is 1. The molecule has 0 bridgehead atoms. The second-order valence-electron chi connectivity index (χ2n) is 7.55. The van der Waals surface area contributed by atoms with E-state index in [9.17, 15) is 9.18 Å². The molecule has 0 aromatic carbocycles. The zero-order chi connectivity index (χ0) is 17.8. The molecule has 134 valence electrons. The van der Waals surface area contributed by atoms with E-state index in [1.165, 1.54) is 6.42 Å². The number of nitrogens with zero attached hydrogens (tertiary/aromatic N) is 3. The van der Waals surface area contributed by atoms with Gasteiger partial charge in [-0.25, -0.2) is 13.9 Å². The van der Waals surface area contributed by atoms with Gasteiger partial charge in [-0.1, -0.05) is 6.42 Å². The average molecular weight is 346 g/mol. The van der Waals surface area contributed by atoms with E-state index in [2.05, 4.69) is 5.10 Å². The van der Waals surface area contributed by atoms with Gasteiger partial charge in [0.2, 0.25) is 0 Å². The number of nitrogen functional groups attached to an aromatic ring is 1. The number of hydrogen-bond acceptors (Lipinski definition) is 5. The molecule has 0 amide bonds. The van der Waals surface area contributed by atoms with Crippen LogP contribution in [0.3, 0.4) is 0 Å². The lowest BCUT2D eigenvalue weighted by atomic mass is 9.66. The van der Waals surface area contributed by atoms with Gasteiger partial charge >= 0.3 is 5.97 Å². The number of fused-ring (bicyclic) bond motifs is 1. The second kappa shape index (κ2) is 5.68. The number of esters is 1. The molecule has 25 heavy (non-hydrogen) atoms. The van der Waals surface area contributed by atoms with E-state index in [1.807, 2.05) is 6.07 Å². The summed E-state index contributed by atoms with van der Waals surface area (Å²) in [4.78, 5) is 17.6. The number of aromatic nitrogens is 3. The molecule has 2 fully saturated rings. The van der Waals surface area contributed by atoms with E-state index in [-0.39, 0.29) is 18.9 Å². The van der Waals surface area contributed by atoms with Crippen LogP contribution in [-0.2, 0) is 14.9 Å². The number of alkyl halides is 1. The van der Waals surface area contributed by atoms with Crippen molar-refractivity contribution in [1.29, 1.82) is 0 Å². The minimum Gasteiger partial charge on any atom is -0.462 e. The number of nitrogens with two attached hydrogens (primary N) is 1. The Morgan fingerprint density at radius 2 is 2.12 bits per heavy atom. The Morgan fingerprint density at radius 1 is 1.40 bits per heavy atom. The number of anilines is 1. The first-order chi connectivity index (χ1) is 11.9. The molecule has 2 heterocycles. The highest BCUT2D eigenvalue weighted by Crippen LogP contribution is 2.48. The largest absolute Gasteiger partial charge is 0.462 e. The van der Waals surface area contributed by atoms with Crippen LogP contribution in [0.25, 0.3) is 5.52 Å². The first-order valence-corrected chi connectivity index (χ1v) is 8.91. The molecule has 0 saturated heterocycles. The number of rotatable bonds is 4. The number of halogens is 1. The fourth-order valence-corrected chi connectivity index (χ4v) is 3.77. The molecule has 2 aromatic rings. The van der Waals surface area contributed by atoms with Gasteiger partial charge in [0.25, 0.3) is 0 Å². The van der Waals surface area contributed by atoms with Crippen molar-refractivity contribution in [3.63, 3.8) is 0 Å². The third kappa shape index (κ3) is 2.48. The van der Waals surface area contributed by atoms with Crippen LogP contribution in [0.5, 0.6) is 0 Å². The van der Waals surface area contributed by atoms with Crippen molar-refractivity contribution in [2.75, 3.05) is 5.73 Å². The molecule has 0 aliphatic heterocycles. The van der Waals surface area contributed by atoms with Crippen molar-refractivity contribution in [1.82, 2.24) is 14.6 Å². The van der Waals surface area contributed by atoms with Gasteiger partial charge in [-0.15, -0.1) is 5.10 Å². The van der Waals surface area contributed by atoms with Gasteiger partial charge in [-0.2, -0.15) is 0 Å². The topological polar surface area (TPSA) is 82.5 Å². The number of ether oxygens (including phenoxy) is 1. The van der Waals surface area contributed by atoms with E-state index in [0.29, 0.717) is 17.6 Å². The Balaban J connectivity index is 1.86. The van der Waals surface area contributed by atoms with Crippen molar-refractivity contribution < 1.29 is 13.9 Å². The van der Waals surface area contributed by atoms with Crippen molar-refractivity contribution in [2.45, 2.75) is 69.6 Å². The van der Waals surface area contributed by atoms with Crippen LogP contribution in [0.15, 0.2) is 12.1 Å². The first kappa shape index (κ1) is 16.3. The fraction of sp³-hybridized carbons (Fsp3) is 0.611. The molecule has 2 aromatic heterocycles. The maximum Gasteiger partial charge on any atom is 0.320 e. The maximum atomic E-state index is 13.8. The zero-order valence-electron chi connectivity index (χ0n) is 14.5. The molecular formula is C18H23FN4O2. The van der Waals surface area contributed by atoms with Crippen LogP contribution in [0.4, 0.5) is 10.2 Å². The monoisotopic (exact) mass is 346 g/mol. The van der Waals surface area contributed by atoms with Crippen LogP contribution in [0.2, 0.25) is 0 Å². The average Bonchev–Trinajstić information content (AvgIpc) is 2.80. The summed E-state index contributed by atoms with van der Waals surface area (Å²) in [6, 6.07) is 3.63. The lowest BCUT2D eigenvalue weighted by molar-refractivity contribution is -0.162. The highest BCUT2D eigenvalue weighted by atomic mass is 19.1. The van der Waals surface area contributed by atoms with Crippen LogP contribution in [-0.4, -0.2) is 32.8 Å². The number of carbonyl (C=O) groups is 1. The molecule has 7 heteroatoms. The minimum atomic E-state index is -1.07. The Bertz CT molecular complexity index is 822. The third-order valence-corrected chi connectivity index (χ3v) is 5.34. The summed E-state index contributed by atoms with van der Waals surface area (Å²) in [5.41, 5.74) is 6.58. The highest BCUT2D eigenvalue weighted by molar-refractivity contribution is 5.84. The van der Waals surface area contributed by atoms with Crippen LogP contribution < -0.4 is 5.73 Å². The number of hydrogen-bond donors (Lipinski definition) is 1. The fourth-order valence-electron chi connectivity index (χ4n) is 3.77. The number of imidazole rings is 1. The molecule has 4 rings (SSSR count). The van der Waals surface area contributed by atoms with E-state index in [4.69, 9.17) is 15.5 Å².